The molecule has 0 spiro atoms. The summed E-state index contributed by atoms with van der Waals surface area (Å²) in [4.78, 5) is 26.4. The number of nitrogens with zero attached hydrogens (tertiary/aromatic N) is 3. The van der Waals surface area contributed by atoms with Crippen LogP contribution >= 0.6 is 0 Å². The van der Waals surface area contributed by atoms with E-state index in [4.69, 9.17) is 0 Å². The molecule has 1 aliphatic heterocycles. The molecule has 10 heteroatoms. The van der Waals surface area contributed by atoms with Crippen LogP contribution in [0.15, 0.2) is 29.3 Å². The Morgan fingerprint density at radius 1 is 1.40 bits per heavy atom. The number of hydrogen-bond acceptors (Lipinski definition) is 4. The minimum atomic E-state index is -4.67. The lowest BCUT2D eigenvalue weighted by atomic mass is 10.1. The van der Waals surface area contributed by atoms with Crippen molar-refractivity contribution in [2.24, 2.45) is 4.99 Å². The summed E-state index contributed by atoms with van der Waals surface area (Å²) in [5.74, 6) is 0. The molecule has 0 bridgehead atoms. The van der Waals surface area contributed by atoms with Crippen LogP contribution in [0, 0.1) is 10.1 Å². The van der Waals surface area contributed by atoms with Crippen LogP contribution < -0.4 is 10.2 Å². The maximum absolute atomic E-state index is 12.7. The van der Waals surface area contributed by atoms with Gasteiger partial charge in [-0.05, 0) is 11.6 Å². The fraction of sp³-hybridized carbons (Fsp3) is 0.333. The van der Waals surface area contributed by atoms with E-state index >= 15 is 0 Å². The highest BCUT2D eigenvalue weighted by molar-refractivity contribution is 6.01. The van der Waals surface area contributed by atoms with E-state index < -0.39 is 35.3 Å². The number of alkyl halides is 3. The van der Waals surface area contributed by atoms with Gasteiger partial charge in [0.05, 0.1) is 11.0 Å². The van der Waals surface area contributed by atoms with Gasteiger partial charge in [-0.15, -0.1) is 0 Å². The predicted octanol–water partition coefficient (Wildman–Crippen LogP) is 3.16. The Kier molecular flexibility index (Phi) is 5.10. The Morgan fingerprint density at radius 3 is 2.64 bits per heavy atom. The first kappa shape index (κ1) is 18.4. The summed E-state index contributed by atoms with van der Waals surface area (Å²) in [5.41, 5.74) is -0.445. The maximum Gasteiger partial charge on any atom is 0.429 e. The van der Waals surface area contributed by atoms with Crippen molar-refractivity contribution in [3.05, 3.63) is 40.0 Å². The molecule has 1 heterocycles. The van der Waals surface area contributed by atoms with Crippen LogP contribution in [0.25, 0.3) is 6.08 Å². The third-order valence-electron chi connectivity index (χ3n) is 3.48. The minimum absolute atomic E-state index is 0.127. The van der Waals surface area contributed by atoms with Crippen LogP contribution in [-0.4, -0.2) is 43.0 Å². The van der Waals surface area contributed by atoms with Gasteiger partial charge in [-0.25, -0.2) is 4.79 Å². The summed E-state index contributed by atoms with van der Waals surface area (Å²) in [6, 6.07) is 2.49. The zero-order valence-corrected chi connectivity index (χ0v) is 13.4. The van der Waals surface area contributed by atoms with Gasteiger partial charge in [0, 0.05) is 26.6 Å². The van der Waals surface area contributed by atoms with Crippen molar-refractivity contribution in [1.29, 1.82) is 0 Å². The molecule has 7 nitrogen and oxygen atoms in total. The number of hydrogen-bond donors (Lipinski definition) is 1. The largest absolute Gasteiger partial charge is 0.429 e. The fourth-order valence-electron chi connectivity index (χ4n) is 2.31. The Balaban J connectivity index is 2.22. The van der Waals surface area contributed by atoms with Gasteiger partial charge < -0.3 is 10.2 Å². The van der Waals surface area contributed by atoms with Crippen LogP contribution in [0.1, 0.15) is 12.0 Å². The smallest absolute Gasteiger partial charge is 0.372 e. The van der Waals surface area contributed by atoms with Crippen molar-refractivity contribution in [2.75, 3.05) is 19.0 Å². The molecule has 0 fully saturated rings. The summed E-state index contributed by atoms with van der Waals surface area (Å²) < 4.78 is 38.1. The number of urea groups is 1. The predicted molar refractivity (Wildman–Crippen MR) is 86.9 cm³/mol. The molecule has 1 aromatic rings. The van der Waals surface area contributed by atoms with Crippen LogP contribution in [0.4, 0.5) is 29.3 Å². The average Bonchev–Trinajstić information content (AvgIpc) is 2.51. The lowest BCUT2D eigenvalue weighted by molar-refractivity contribution is -0.384. The van der Waals surface area contributed by atoms with Crippen molar-refractivity contribution >= 4 is 29.2 Å². The molecule has 1 N–H and O–H groups in total. The quantitative estimate of drug-likeness (QED) is 0.663. The summed E-state index contributed by atoms with van der Waals surface area (Å²) >= 11 is 0. The lowest BCUT2D eigenvalue weighted by Crippen LogP contribution is -2.42. The molecule has 0 aliphatic carbocycles. The summed E-state index contributed by atoms with van der Waals surface area (Å²) in [5, 5.41) is 13.4. The number of nitro benzene ring substituents is 1. The molecule has 0 aromatic heterocycles. The van der Waals surface area contributed by atoms with Crippen LogP contribution in [0.3, 0.4) is 0 Å². The Labute approximate surface area is 141 Å². The molecule has 0 saturated heterocycles. The second-order valence-corrected chi connectivity index (χ2v) is 5.58. The Morgan fingerprint density at radius 2 is 2.08 bits per heavy atom. The van der Waals surface area contributed by atoms with Crippen LogP contribution in [-0.2, 0) is 0 Å². The lowest BCUT2D eigenvalue weighted by Gasteiger charge is -2.21. The van der Waals surface area contributed by atoms with Crippen molar-refractivity contribution < 1.29 is 22.9 Å². The molecule has 2 rings (SSSR count). The number of anilines is 1. The monoisotopic (exact) mass is 356 g/mol. The number of carbonyl (C=O) groups excluding carboxylic acids is 1. The molecule has 0 saturated carbocycles. The standard InChI is InChI=1S/C15H15F3N4O3/c1-21(2)11-6-4-9(7-12(11)22(24)25)3-5-10-8-13(15(16,17)18)20-14(23)19-10/h3-7,10H,8H2,1-2H3,(H,19,23). The first-order valence-electron chi connectivity index (χ1n) is 7.17. The Bertz CT molecular complexity index is 757. The normalized spacial score (nSPS) is 18.0. The van der Waals surface area contributed by atoms with Gasteiger partial charge >= 0.3 is 12.2 Å². The summed E-state index contributed by atoms with van der Waals surface area (Å²) in [7, 11) is 3.32. The SMILES string of the molecule is CN(C)c1ccc(C=CC2CC(C(F)(F)F)=NC(=O)N2)cc1[N+](=O)[O-]. The second kappa shape index (κ2) is 6.91. The first-order chi connectivity index (χ1) is 11.6. The van der Waals surface area contributed by atoms with Gasteiger partial charge in [-0.2, -0.15) is 18.2 Å². The van der Waals surface area contributed by atoms with Crippen molar-refractivity contribution in [3.63, 3.8) is 0 Å². The molecule has 2 amide bonds. The molecule has 1 atom stereocenters. The number of halogens is 3. The van der Waals surface area contributed by atoms with E-state index in [1.165, 1.54) is 18.2 Å². The van der Waals surface area contributed by atoms with Crippen molar-refractivity contribution in [3.8, 4) is 0 Å². The minimum Gasteiger partial charge on any atom is -0.372 e. The molecule has 25 heavy (non-hydrogen) atoms. The van der Waals surface area contributed by atoms with Gasteiger partial charge in [-0.3, -0.25) is 10.1 Å². The highest BCUT2D eigenvalue weighted by Crippen LogP contribution is 2.28. The number of nitro groups is 1. The van der Waals surface area contributed by atoms with Crippen molar-refractivity contribution in [1.82, 2.24) is 5.32 Å². The zero-order chi connectivity index (χ0) is 18.8. The Hall–Kier alpha value is -2.91. The second-order valence-electron chi connectivity index (χ2n) is 5.58. The fourth-order valence-corrected chi connectivity index (χ4v) is 2.31. The first-order valence-corrected chi connectivity index (χ1v) is 7.17. The van der Waals surface area contributed by atoms with Crippen LogP contribution in [0.2, 0.25) is 0 Å². The van der Waals surface area contributed by atoms with E-state index in [9.17, 15) is 28.1 Å². The van der Waals surface area contributed by atoms with Gasteiger partial charge in [0.25, 0.3) is 5.69 Å². The molecular weight excluding hydrogens is 341 g/mol. The summed E-state index contributed by atoms with van der Waals surface area (Å²) in [6.45, 7) is 0. The number of carbonyl (C=O) groups is 1. The van der Waals surface area contributed by atoms with E-state index in [1.54, 1.807) is 31.1 Å². The zero-order valence-electron chi connectivity index (χ0n) is 13.4. The highest BCUT2D eigenvalue weighted by atomic mass is 19.4. The molecule has 1 aliphatic rings. The number of benzene rings is 1. The number of aliphatic imine (C=N–C) groups is 1. The van der Waals surface area contributed by atoms with Gasteiger partial charge in [0.15, 0.2) is 0 Å². The molecule has 1 unspecified atom stereocenters. The van der Waals surface area contributed by atoms with Gasteiger partial charge in [0.2, 0.25) is 0 Å². The third kappa shape index (κ3) is 4.55. The number of rotatable bonds is 4. The molecule has 134 valence electrons. The van der Waals surface area contributed by atoms with E-state index in [0.29, 0.717) is 11.3 Å². The summed E-state index contributed by atoms with van der Waals surface area (Å²) in [6.07, 6.45) is -2.39. The molecular formula is C15H15F3N4O3. The van der Waals surface area contributed by atoms with E-state index in [-0.39, 0.29) is 5.69 Å². The molecule has 1 aromatic carbocycles. The molecule has 0 radical (unpaired) electrons. The maximum atomic E-state index is 12.7. The van der Waals surface area contributed by atoms with E-state index in [2.05, 4.69) is 10.3 Å². The topological polar surface area (TPSA) is 87.8 Å². The van der Waals surface area contributed by atoms with E-state index in [1.807, 2.05) is 0 Å². The number of nitrogens with one attached hydrogen (secondary N) is 1. The van der Waals surface area contributed by atoms with Gasteiger partial charge in [-0.1, -0.05) is 18.2 Å². The highest BCUT2D eigenvalue weighted by Gasteiger charge is 2.39. The van der Waals surface area contributed by atoms with Crippen LogP contribution in [0.5, 0.6) is 0 Å². The van der Waals surface area contributed by atoms with Crippen molar-refractivity contribution in [2.45, 2.75) is 18.6 Å². The van der Waals surface area contributed by atoms with E-state index in [0.717, 1.165) is 0 Å². The third-order valence-corrected chi connectivity index (χ3v) is 3.48. The average molecular weight is 356 g/mol. The van der Waals surface area contributed by atoms with Gasteiger partial charge in [0.1, 0.15) is 11.4 Å². The number of amides is 2.